The Kier molecular flexibility index (Phi) is 5.51. The maximum absolute atomic E-state index is 11.7. The highest BCUT2D eigenvalue weighted by atomic mass is 35.5. The highest BCUT2D eigenvalue weighted by Crippen LogP contribution is 2.33. The molecule has 6 nitrogen and oxygen atoms in total. The number of anilines is 1. The number of carboxylic acid groups (broad SMARTS) is 1. The van der Waals surface area contributed by atoms with E-state index < -0.39 is 12.0 Å². The summed E-state index contributed by atoms with van der Waals surface area (Å²) in [7, 11) is 0. The molecule has 0 saturated carbocycles. The predicted molar refractivity (Wildman–Crippen MR) is 112 cm³/mol. The van der Waals surface area contributed by atoms with Crippen LogP contribution in [0.3, 0.4) is 0 Å². The number of aromatic nitrogens is 2. The zero-order chi connectivity index (χ0) is 19.0. The fourth-order valence-electron chi connectivity index (χ4n) is 3.07. The lowest BCUT2D eigenvalue weighted by molar-refractivity contribution is -0.138. The average Bonchev–Trinajstić information content (AvgIpc) is 3.05. The zero-order valence-electron chi connectivity index (χ0n) is 15.4. The first kappa shape index (κ1) is 19.6. The summed E-state index contributed by atoms with van der Waals surface area (Å²) in [5, 5.41) is 13.5. The number of nitrogens with one attached hydrogen (secondary N) is 1. The maximum Gasteiger partial charge on any atom is 0.326 e. The van der Waals surface area contributed by atoms with Crippen LogP contribution in [0.1, 0.15) is 13.8 Å². The lowest BCUT2D eigenvalue weighted by atomic mass is 10.0. The molecule has 4 aromatic rings. The molecule has 7 heteroatoms. The van der Waals surface area contributed by atoms with Crippen molar-refractivity contribution in [1.82, 2.24) is 9.97 Å². The molecular weight excluding hydrogens is 378 g/mol. The smallest absolute Gasteiger partial charge is 0.326 e. The molecule has 0 aliphatic rings. The van der Waals surface area contributed by atoms with Crippen molar-refractivity contribution in [1.29, 1.82) is 0 Å². The molecule has 0 unspecified atom stereocenters. The van der Waals surface area contributed by atoms with Crippen LogP contribution in [0.15, 0.2) is 59.0 Å². The first-order valence-electron chi connectivity index (χ1n) is 8.78. The molecule has 0 fully saturated rings. The topological polar surface area (TPSA) is 88.3 Å². The lowest BCUT2D eigenvalue weighted by Gasteiger charge is -2.18. The van der Waals surface area contributed by atoms with E-state index >= 15 is 0 Å². The van der Waals surface area contributed by atoms with Crippen molar-refractivity contribution in [2.45, 2.75) is 19.9 Å². The molecule has 0 bridgehead atoms. The van der Waals surface area contributed by atoms with Crippen LogP contribution in [0.25, 0.3) is 33.5 Å². The fourth-order valence-corrected chi connectivity index (χ4v) is 3.07. The summed E-state index contributed by atoms with van der Waals surface area (Å²) in [4.78, 5) is 21.0. The average molecular weight is 398 g/mol. The number of nitrogens with zero attached hydrogens (tertiary/aromatic N) is 2. The SMILES string of the molecule is CC(C)[C@H](Nc1nc(-c2ccccc2)nc2c1oc1ccccc12)C(=O)O.Cl. The van der Waals surface area contributed by atoms with E-state index in [4.69, 9.17) is 9.40 Å². The van der Waals surface area contributed by atoms with Gasteiger partial charge < -0.3 is 14.8 Å². The van der Waals surface area contributed by atoms with Gasteiger partial charge in [-0.2, -0.15) is 0 Å². The molecule has 2 N–H and O–H groups in total. The summed E-state index contributed by atoms with van der Waals surface area (Å²) < 4.78 is 5.95. The second-order valence-corrected chi connectivity index (χ2v) is 6.74. The Hall–Kier alpha value is -3.12. The number of furan rings is 1. The first-order chi connectivity index (χ1) is 13.0. The number of carboxylic acids is 1. The van der Waals surface area contributed by atoms with Crippen molar-refractivity contribution >= 4 is 46.3 Å². The van der Waals surface area contributed by atoms with Crippen LogP contribution in [-0.4, -0.2) is 27.1 Å². The van der Waals surface area contributed by atoms with E-state index in [2.05, 4.69) is 10.3 Å². The van der Waals surface area contributed by atoms with Gasteiger partial charge in [0.1, 0.15) is 17.1 Å². The van der Waals surface area contributed by atoms with Gasteiger partial charge in [0.05, 0.1) is 0 Å². The second kappa shape index (κ2) is 7.86. The van der Waals surface area contributed by atoms with E-state index in [0.29, 0.717) is 28.3 Å². The molecule has 0 aliphatic carbocycles. The summed E-state index contributed by atoms with van der Waals surface area (Å²) in [6.07, 6.45) is 0. The van der Waals surface area contributed by atoms with E-state index in [-0.39, 0.29) is 18.3 Å². The number of para-hydroxylation sites is 1. The Morgan fingerprint density at radius 1 is 1.04 bits per heavy atom. The van der Waals surface area contributed by atoms with Crippen molar-refractivity contribution < 1.29 is 14.3 Å². The van der Waals surface area contributed by atoms with Crippen LogP contribution in [0.2, 0.25) is 0 Å². The van der Waals surface area contributed by atoms with Crippen molar-refractivity contribution in [2.75, 3.05) is 5.32 Å². The van der Waals surface area contributed by atoms with Gasteiger partial charge in [-0.05, 0) is 18.1 Å². The number of carbonyl (C=O) groups is 1. The Labute approximate surface area is 168 Å². The molecule has 0 radical (unpaired) electrons. The molecule has 2 aromatic carbocycles. The van der Waals surface area contributed by atoms with E-state index in [1.54, 1.807) is 0 Å². The van der Waals surface area contributed by atoms with E-state index in [9.17, 15) is 9.90 Å². The highest BCUT2D eigenvalue weighted by Gasteiger charge is 2.25. The first-order valence-corrected chi connectivity index (χ1v) is 8.78. The Balaban J connectivity index is 0.00000225. The van der Waals surface area contributed by atoms with Gasteiger partial charge in [-0.25, -0.2) is 14.8 Å². The van der Waals surface area contributed by atoms with Crippen LogP contribution < -0.4 is 5.32 Å². The number of halogens is 1. The minimum atomic E-state index is -0.936. The highest BCUT2D eigenvalue weighted by molar-refractivity contribution is 6.06. The van der Waals surface area contributed by atoms with Gasteiger partial charge in [0, 0.05) is 10.9 Å². The van der Waals surface area contributed by atoms with Crippen LogP contribution in [0, 0.1) is 5.92 Å². The predicted octanol–water partition coefficient (Wildman–Crippen LogP) is 4.99. The van der Waals surface area contributed by atoms with Gasteiger partial charge in [-0.1, -0.05) is 56.3 Å². The van der Waals surface area contributed by atoms with Crippen LogP contribution >= 0.6 is 12.4 Å². The molecule has 28 heavy (non-hydrogen) atoms. The summed E-state index contributed by atoms with van der Waals surface area (Å²) in [5.41, 5.74) is 2.66. The van der Waals surface area contributed by atoms with Gasteiger partial charge in [-0.15, -0.1) is 12.4 Å². The van der Waals surface area contributed by atoms with Crippen LogP contribution in [0.4, 0.5) is 5.82 Å². The number of hydrogen-bond donors (Lipinski definition) is 2. The number of hydrogen-bond acceptors (Lipinski definition) is 5. The van der Waals surface area contributed by atoms with E-state index in [1.165, 1.54) is 0 Å². The Morgan fingerprint density at radius 3 is 2.39 bits per heavy atom. The molecule has 2 aromatic heterocycles. The lowest BCUT2D eigenvalue weighted by Crippen LogP contribution is -2.34. The van der Waals surface area contributed by atoms with E-state index in [1.807, 2.05) is 68.4 Å². The van der Waals surface area contributed by atoms with Gasteiger partial charge in [0.25, 0.3) is 0 Å². The monoisotopic (exact) mass is 397 g/mol. The molecule has 0 saturated heterocycles. The second-order valence-electron chi connectivity index (χ2n) is 6.74. The molecule has 2 heterocycles. The molecule has 144 valence electrons. The van der Waals surface area contributed by atoms with Crippen molar-refractivity contribution in [2.24, 2.45) is 5.92 Å². The molecule has 0 aliphatic heterocycles. The molecule has 0 spiro atoms. The van der Waals surface area contributed by atoms with Crippen molar-refractivity contribution in [3.05, 3.63) is 54.6 Å². The number of aliphatic carboxylic acids is 1. The fraction of sp³-hybridized carbons (Fsp3) is 0.190. The summed E-state index contributed by atoms with van der Waals surface area (Å²) in [6.45, 7) is 3.70. The van der Waals surface area contributed by atoms with Gasteiger partial charge in [0.15, 0.2) is 17.2 Å². The van der Waals surface area contributed by atoms with Gasteiger partial charge in [-0.3, -0.25) is 0 Å². The number of fused-ring (bicyclic) bond motifs is 3. The Bertz CT molecular complexity index is 1130. The van der Waals surface area contributed by atoms with Crippen LogP contribution in [0.5, 0.6) is 0 Å². The van der Waals surface area contributed by atoms with Crippen molar-refractivity contribution in [3.8, 4) is 11.4 Å². The van der Waals surface area contributed by atoms with Crippen LogP contribution in [-0.2, 0) is 4.79 Å². The number of rotatable bonds is 5. The summed E-state index contributed by atoms with van der Waals surface area (Å²) in [6, 6.07) is 16.4. The molecule has 4 rings (SSSR count). The maximum atomic E-state index is 11.7. The minimum absolute atomic E-state index is 0. The van der Waals surface area contributed by atoms with E-state index in [0.717, 1.165) is 10.9 Å². The quantitative estimate of drug-likeness (QED) is 0.493. The van der Waals surface area contributed by atoms with Crippen molar-refractivity contribution in [3.63, 3.8) is 0 Å². The normalized spacial score (nSPS) is 12.1. The molecular formula is C21H20ClN3O3. The van der Waals surface area contributed by atoms with Gasteiger partial charge >= 0.3 is 5.97 Å². The zero-order valence-corrected chi connectivity index (χ0v) is 16.2. The summed E-state index contributed by atoms with van der Waals surface area (Å²) >= 11 is 0. The summed E-state index contributed by atoms with van der Waals surface area (Å²) in [5.74, 6) is -0.160. The number of benzene rings is 2. The Morgan fingerprint density at radius 2 is 1.71 bits per heavy atom. The molecule has 1 atom stereocenters. The third-order valence-corrected chi connectivity index (χ3v) is 4.48. The third kappa shape index (κ3) is 3.51. The standard InChI is InChI=1S/C21H19N3O3.ClH/c1-12(2)16(21(25)26)22-20-18-17(14-10-6-7-11-15(14)27-18)23-19(24-20)13-8-4-3-5-9-13;/h3-12,16H,1-2H3,(H,25,26)(H,22,23,24);1H/t16-;/m0./s1. The van der Waals surface area contributed by atoms with Gasteiger partial charge in [0.2, 0.25) is 0 Å². The third-order valence-electron chi connectivity index (χ3n) is 4.48. The largest absolute Gasteiger partial charge is 0.480 e. The molecule has 0 amide bonds. The minimum Gasteiger partial charge on any atom is -0.480 e.